The molecule has 0 aliphatic rings. The predicted molar refractivity (Wildman–Crippen MR) is 108 cm³/mol. The number of rotatable bonds is 8. The van der Waals surface area contributed by atoms with Gasteiger partial charge in [-0.25, -0.2) is 8.42 Å². The third kappa shape index (κ3) is 5.95. The average molecular weight is 428 g/mol. The fourth-order valence-electron chi connectivity index (χ4n) is 2.50. The summed E-state index contributed by atoms with van der Waals surface area (Å²) in [7, 11) is -3.59. The van der Waals surface area contributed by atoms with Crippen LogP contribution in [-0.4, -0.2) is 26.8 Å². The minimum absolute atomic E-state index is 0.0356. The van der Waals surface area contributed by atoms with Gasteiger partial charge in [-0.3, -0.25) is 20.4 Å². The number of hydrazine groups is 1. The van der Waals surface area contributed by atoms with Crippen LogP contribution in [0.1, 0.15) is 22.7 Å². The van der Waals surface area contributed by atoms with Gasteiger partial charge in [-0.1, -0.05) is 36.4 Å². The SMILES string of the molecule is O=C(CCOc1ccccc1)NNC(=O)c1ccc(CS(=O)(=O)c2ccccc2)o1. The van der Waals surface area contributed by atoms with Crippen LogP contribution in [0.15, 0.2) is 82.1 Å². The van der Waals surface area contributed by atoms with Crippen LogP contribution in [0.25, 0.3) is 0 Å². The first kappa shape index (κ1) is 21.1. The molecule has 3 aromatic rings. The number of carbonyl (C=O) groups excluding carboxylic acids is 2. The van der Waals surface area contributed by atoms with Crippen molar-refractivity contribution in [3.05, 3.63) is 84.3 Å². The van der Waals surface area contributed by atoms with E-state index in [9.17, 15) is 18.0 Å². The Bertz CT molecular complexity index is 1090. The predicted octanol–water partition coefficient (Wildman–Crippen LogP) is 2.48. The maximum atomic E-state index is 12.4. The van der Waals surface area contributed by atoms with Crippen LogP contribution in [0.4, 0.5) is 0 Å². The van der Waals surface area contributed by atoms with E-state index in [1.165, 1.54) is 24.3 Å². The average Bonchev–Trinajstić information content (AvgIpc) is 3.21. The second kappa shape index (κ2) is 9.75. The smallest absolute Gasteiger partial charge is 0.305 e. The van der Waals surface area contributed by atoms with Crippen LogP contribution in [0.5, 0.6) is 5.75 Å². The molecule has 0 bridgehead atoms. The number of nitrogens with one attached hydrogen (secondary N) is 2. The summed E-state index contributed by atoms with van der Waals surface area (Å²) in [6.07, 6.45) is 0.0356. The molecule has 0 atom stereocenters. The number of hydrogen-bond acceptors (Lipinski definition) is 6. The van der Waals surface area contributed by atoms with Crippen molar-refractivity contribution >= 4 is 21.7 Å². The first-order valence-corrected chi connectivity index (χ1v) is 10.7. The second-order valence-electron chi connectivity index (χ2n) is 6.25. The summed E-state index contributed by atoms with van der Waals surface area (Å²) >= 11 is 0. The fourth-order valence-corrected chi connectivity index (χ4v) is 3.77. The Balaban J connectivity index is 1.46. The molecule has 0 fully saturated rings. The van der Waals surface area contributed by atoms with Crippen molar-refractivity contribution in [2.24, 2.45) is 0 Å². The van der Waals surface area contributed by atoms with E-state index in [4.69, 9.17) is 9.15 Å². The molecule has 0 aliphatic heterocycles. The Labute approximate surface area is 173 Å². The Hall–Kier alpha value is -3.59. The molecule has 0 saturated carbocycles. The summed E-state index contributed by atoms with van der Waals surface area (Å²) in [5.41, 5.74) is 4.47. The lowest BCUT2D eigenvalue weighted by atomic mass is 10.3. The van der Waals surface area contributed by atoms with Gasteiger partial charge in [0, 0.05) is 0 Å². The molecule has 2 amide bonds. The highest BCUT2D eigenvalue weighted by Crippen LogP contribution is 2.18. The van der Waals surface area contributed by atoms with Gasteiger partial charge in [-0.15, -0.1) is 0 Å². The summed E-state index contributed by atoms with van der Waals surface area (Å²) in [6, 6.07) is 19.7. The normalized spacial score (nSPS) is 10.9. The number of ether oxygens (including phenoxy) is 1. The standard InChI is InChI=1S/C21H20N2O6S/c24-20(13-14-28-16-7-3-1-4-8-16)22-23-21(25)19-12-11-17(29-19)15-30(26,27)18-9-5-2-6-10-18/h1-12H,13-15H2,(H,22,24)(H,23,25). The van der Waals surface area contributed by atoms with E-state index in [2.05, 4.69) is 10.9 Å². The number of amides is 2. The van der Waals surface area contributed by atoms with Gasteiger partial charge in [-0.05, 0) is 36.4 Å². The maximum absolute atomic E-state index is 12.4. The lowest BCUT2D eigenvalue weighted by Gasteiger charge is -2.07. The van der Waals surface area contributed by atoms with Gasteiger partial charge in [-0.2, -0.15) is 0 Å². The molecule has 9 heteroatoms. The van der Waals surface area contributed by atoms with Crippen molar-refractivity contribution < 1.29 is 27.2 Å². The molecule has 0 aliphatic carbocycles. The van der Waals surface area contributed by atoms with Gasteiger partial charge in [0.2, 0.25) is 5.91 Å². The molecule has 1 heterocycles. The molecular weight excluding hydrogens is 408 g/mol. The number of furan rings is 1. The molecule has 2 aromatic carbocycles. The van der Waals surface area contributed by atoms with Gasteiger partial charge >= 0.3 is 5.91 Å². The number of benzene rings is 2. The zero-order valence-electron chi connectivity index (χ0n) is 15.9. The summed E-state index contributed by atoms with van der Waals surface area (Å²) in [5, 5.41) is 0. The first-order chi connectivity index (χ1) is 14.4. The number of sulfone groups is 1. The van der Waals surface area contributed by atoms with Gasteiger partial charge in [0.15, 0.2) is 15.6 Å². The minimum Gasteiger partial charge on any atom is -0.493 e. The van der Waals surface area contributed by atoms with Crippen molar-refractivity contribution in [3.63, 3.8) is 0 Å². The molecule has 3 rings (SSSR count). The number of carbonyl (C=O) groups is 2. The van der Waals surface area contributed by atoms with Crippen molar-refractivity contribution in [2.75, 3.05) is 6.61 Å². The molecule has 0 spiro atoms. The summed E-state index contributed by atoms with van der Waals surface area (Å²) in [5.74, 6) is -0.884. The van der Waals surface area contributed by atoms with Gasteiger partial charge < -0.3 is 9.15 Å². The second-order valence-corrected chi connectivity index (χ2v) is 8.24. The Morgan fingerprint density at radius 1 is 0.867 bits per heavy atom. The molecule has 156 valence electrons. The highest BCUT2D eigenvalue weighted by atomic mass is 32.2. The largest absolute Gasteiger partial charge is 0.493 e. The van der Waals surface area contributed by atoms with Crippen LogP contribution in [0.2, 0.25) is 0 Å². The molecule has 8 nitrogen and oxygen atoms in total. The van der Waals surface area contributed by atoms with Crippen LogP contribution < -0.4 is 15.6 Å². The molecular formula is C21H20N2O6S. The van der Waals surface area contributed by atoms with Crippen LogP contribution in [0.3, 0.4) is 0 Å². The van der Waals surface area contributed by atoms with Crippen LogP contribution in [-0.2, 0) is 20.4 Å². The monoisotopic (exact) mass is 428 g/mol. The van der Waals surface area contributed by atoms with Crippen molar-refractivity contribution in [1.29, 1.82) is 0 Å². The van der Waals surface area contributed by atoms with E-state index in [0.29, 0.717) is 5.75 Å². The Morgan fingerprint density at radius 3 is 2.23 bits per heavy atom. The van der Waals surface area contributed by atoms with E-state index >= 15 is 0 Å². The summed E-state index contributed by atoms with van der Waals surface area (Å²) < 4.78 is 35.5. The van der Waals surface area contributed by atoms with E-state index in [0.717, 1.165) is 0 Å². The summed E-state index contributed by atoms with van der Waals surface area (Å²) in [6.45, 7) is 0.147. The quantitative estimate of drug-likeness (QED) is 0.533. The van der Waals surface area contributed by atoms with Gasteiger partial charge in [0.05, 0.1) is 17.9 Å². The topological polar surface area (TPSA) is 115 Å². The van der Waals surface area contributed by atoms with E-state index < -0.39 is 21.7 Å². The van der Waals surface area contributed by atoms with E-state index in [-0.39, 0.29) is 35.2 Å². The molecule has 0 radical (unpaired) electrons. The molecule has 1 aromatic heterocycles. The van der Waals surface area contributed by atoms with Gasteiger partial charge in [0.25, 0.3) is 0 Å². The van der Waals surface area contributed by atoms with Crippen molar-refractivity contribution in [2.45, 2.75) is 17.1 Å². The summed E-state index contributed by atoms with van der Waals surface area (Å²) in [4.78, 5) is 24.1. The lowest BCUT2D eigenvalue weighted by Crippen LogP contribution is -2.41. The first-order valence-electron chi connectivity index (χ1n) is 9.07. The Kier molecular flexibility index (Phi) is 6.87. The maximum Gasteiger partial charge on any atom is 0.305 e. The highest BCUT2D eigenvalue weighted by Gasteiger charge is 2.19. The minimum atomic E-state index is -3.59. The molecule has 2 N–H and O–H groups in total. The molecule has 30 heavy (non-hydrogen) atoms. The zero-order valence-corrected chi connectivity index (χ0v) is 16.7. The van der Waals surface area contributed by atoms with E-state index in [1.807, 2.05) is 18.2 Å². The van der Waals surface area contributed by atoms with E-state index in [1.54, 1.807) is 30.3 Å². The third-order valence-corrected chi connectivity index (χ3v) is 5.63. The number of hydrogen-bond donors (Lipinski definition) is 2. The van der Waals surface area contributed by atoms with Crippen LogP contribution in [0, 0.1) is 0 Å². The van der Waals surface area contributed by atoms with Crippen LogP contribution >= 0.6 is 0 Å². The number of para-hydroxylation sites is 1. The molecule has 0 unspecified atom stereocenters. The third-order valence-electron chi connectivity index (χ3n) is 3.98. The Morgan fingerprint density at radius 2 is 1.53 bits per heavy atom. The van der Waals surface area contributed by atoms with Crippen molar-refractivity contribution in [3.8, 4) is 5.75 Å². The van der Waals surface area contributed by atoms with Crippen molar-refractivity contribution in [1.82, 2.24) is 10.9 Å². The highest BCUT2D eigenvalue weighted by molar-refractivity contribution is 7.90. The fraction of sp³-hybridized carbons (Fsp3) is 0.143. The lowest BCUT2D eigenvalue weighted by molar-refractivity contribution is -0.122. The van der Waals surface area contributed by atoms with Gasteiger partial charge in [0.1, 0.15) is 17.3 Å². The zero-order chi connectivity index (χ0) is 21.4. The molecule has 0 saturated heterocycles.